The van der Waals surface area contributed by atoms with Crippen LogP contribution in [0.1, 0.15) is 0 Å². The van der Waals surface area contributed by atoms with E-state index in [4.69, 9.17) is 9.47 Å². The van der Waals surface area contributed by atoms with Crippen molar-refractivity contribution in [1.82, 2.24) is 0 Å². The Morgan fingerprint density at radius 3 is 2.55 bits per heavy atom. The third-order valence-electron chi connectivity index (χ3n) is 1.32. The van der Waals surface area contributed by atoms with E-state index in [0.29, 0.717) is 22.7 Å². The fourth-order valence-corrected chi connectivity index (χ4v) is 2.25. The van der Waals surface area contributed by atoms with Crippen molar-refractivity contribution in [3.05, 3.63) is 8.92 Å². The SMILES string of the molecule is Fc1sc(Br)c2c1OCCO2. The summed E-state index contributed by atoms with van der Waals surface area (Å²) < 4.78 is 23.8. The molecule has 0 saturated heterocycles. The first-order valence-corrected chi connectivity index (χ1v) is 4.63. The number of hydrogen-bond donors (Lipinski definition) is 0. The quantitative estimate of drug-likeness (QED) is 0.692. The van der Waals surface area contributed by atoms with Crippen LogP contribution < -0.4 is 9.47 Å². The maximum absolute atomic E-state index is 12.9. The molecule has 0 aliphatic carbocycles. The highest BCUT2D eigenvalue weighted by atomic mass is 79.9. The molecule has 0 spiro atoms. The van der Waals surface area contributed by atoms with Crippen LogP contribution in [-0.2, 0) is 0 Å². The molecule has 0 aromatic carbocycles. The van der Waals surface area contributed by atoms with Gasteiger partial charge in [0.25, 0.3) is 0 Å². The van der Waals surface area contributed by atoms with Crippen LogP contribution in [0, 0.1) is 5.13 Å². The van der Waals surface area contributed by atoms with Gasteiger partial charge in [-0.2, -0.15) is 4.39 Å². The minimum atomic E-state index is -0.327. The van der Waals surface area contributed by atoms with Gasteiger partial charge in [-0.05, 0) is 15.9 Å². The van der Waals surface area contributed by atoms with Gasteiger partial charge in [-0.1, -0.05) is 11.3 Å². The lowest BCUT2D eigenvalue weighted by Gasteiger charge is -2.14. The van der Waals surface area contributed by atoms with Crippen molar-refractivity contribution in [2.45, 2.75) is 0 Å². The summed E-state index contributed by atoms with van der Waals surface area (Å²) >= 11 is 4.16. The summed E-state index contributed by atoms with van der Waals surface area (Å²) in [5, 5.41) is -0.327. The molecular weight excluding hydrogens is 235 g/mol. The molecule has 1 aromatic heterocycles. The topological polar surface area (TPSA) is 18.5 Å². The van der Waals surface area contributed by atoms with Crippen LogP contribution in [0.5, 0.6) is 11.5 Å². The number of hydrogen-bond acceptors (Lipinski definition) is 3. The van der Waals surface area contributed by atoms with Gasteiger partial charge in [0.05, 0.1) is 0 Å². The van der Waals surface area contributed by atoms with Crippen LogP contribution in [0.2, 0.25) is 0 Å². The normalized spacial score (nSPS) is 15.1. The Balaban J connectivity index is 2.52. The first kappa shape index (κ1) is 7.36. The van der Waals surface area contributed by atoms with Gasteiger partial charge in [0, 0.05) is 0 Å². The number of rotatable bonds is 0. The summed E-state index contributed by atoms with van der Waals surface area (Å²) in [7, 11) is 0. The molecule has 5 heteroatoms. The zero-order valence-electron chi connectivity index (χ0n) is 5.39. The van der Waals surface area contributed by atoms with E-state index in [2.05, 4.69) is 15.9 Å². The predicted octanol–water partition coefficient (Wildman–Crippen LogP) is 2.42. The van der Waals surface area contributed by atoms with Crippen molar-refractivity contribution in [2.24, 2.45) is 0 Å². The summed E-state index contributed by atoms with van der Waals surface area (Å²) in [6.07, 6.45) is 0. The smallest absolute Gasteiger partial charge is 0.223 e. The van der Waals surface area contributed by atoms with E-state index in [0.717, 1.165) is 11.3 Å². The van der Waals surface area contributed by atoms with Gasteiger partial charge < -0.3 is 9.47 Å². The maximum atomic E-state index is 12.9. The molecule has 2 rings (SSSR count). The fraction of sp³-hybridized carbons (Fsp3) is 0.333. The van der Waals surface area contributed by atoms with Gasteiger partial charge in [-0.15, -0.1) is 0 Å². The highest BCUT2D eigenvalue weighted by Gasteiger charge is 2.22. The van der Waals surface area contributed by atoms with Crippen molar-refractivity contribution < 1.29 is 13.9 Å². The third-order valence-corrected chi connectivity index (χ3v) is 2.89. The van der Waals surface area contributed by atoms with Crippen molar-refractivity contribution in [3.63, 3.8) is 0 Å². The molecule has 2 heterocycles. The molecule has 11 heavy (non-hydrogen) atoms. The molecule has 0 unspecified atom stereocenters. The molecule has 0 atom stereocenters. The molecule has 1 aromatic rings. The molecule has 1 aliphatic rings. The van der Waals surface area contributed by atoms with Gasteiger partial charge in [0.15, 0.2) is 5.75 Å². The molecule has 0 radical (unpaired) electrons. The van der Waals surface area contributed by atoms with Gasteiger partial charge in [-0.25, -0.2) is 0 Å². The Bertz CT molecular complexity index is 260. The molecule has 0 N–H and O–H groups in total. The largest absolute Gasteiger partial charge is 0.484 e. The van der Waals surface area contributed by atoms with E-state index in [1.165, 1.54) is 0 Å². The van der Waals surface area contributed by atoms with Gasteiger partial charge in [0.1, 0.15) is 17.0 Å². The second-order valence-electron chi connectivity index (χ2n) is 2.00. The molecule has 0 bridgehead atoms. The Labute approximate surface area is 75.1 Å². The van der Waals surface area contributed by atoms with Crippen molar-refractivity contribution in [3.8, 4) is 11.5 Å². The molecular formula is C6H4BrFO2S. The highest BCUT2D eigenvalue weighted by molar-refractivity contribution is 9.11. The number of halogens is 2. The van der Waals surface area contributed by atoms with E-state index in [1.807, 2.05) is 0 Å². The van der Waals surface area contributed by atoms with Crippen LogP contribution >= 0.6 is 27.3 Å². The van der Waals surface area contributed by atoms with E-state index in [-0.39, 0.29) is 10.9 Å². The number of ether oxygens (including phenoxy) is 2. The molecule has 60 valence electrons. The van der Waals surface area contributed by atoms with Crippen molar-refractivity contribution >= 4 is 27.3 Å². The first-order valence-electron chi connectivity index (χ1n) is 3.02. The lowest BCUT2D eigenvalue weighted by atomic mass is 10.5. The zero-order valence-corrected chi connectivity index (χ0v) is 7.80. The monoisotopic (exact) mass is 238 g/mol. The van der Waals surface area contributed by atoms with Gasteiger partial charge >= 0.3 is 0 Å². The van der Waals surface area contributed by atoms with Gasteiger partial charge in [0.2, 0.25) is 10.9 Å². The number of fused-ring (bicyclic) bond motifs is 1. The van der Waals surface area contributed by atoms with Crippen molar-refractivity contribution in [2.75, 3.05) is 13.2 Å². The minimum absolute atomic E-state index is 0.244. The van der Waals surface area contributed by atoms with Crippen LogP contribution in [0.15, 0.2) is 3.79 Å². The third kappa shape index (κ3) is 1.12. The summed E-state index contributed by atoms with van der Waals surface area (Å²) in [6, 6.07) is 0. The summed E-state index contributed by atoms with van der Waals surface area (Å²) in [6.45, 7) is 0.912. The van der Waals surface area contributed by atoms with E-state index < -0.39 is 0 Å². The average molecular weight is 239 g/mol. The van der Waals surface area contributed by atoms with E-state index in [9.17, 15) is 4.39 Å². The number of thiophene rings is 1. The molecule has 0 saturated carbocycles. The second-order valence-corrected chi connectivity index (χ2v) is 4.29. The Morgan fingerprint density at radius 2 is 1.91 bits per heavy atom. The Hall–Kier alpha value is -0.290. The molecule has 0 fully saturated rings. The summed E-state index contributed by atoms with van der Waals surface area (Å²) in [5.74, 6) is 0.742. The lowest BCUT2D eigenvalue weighted by molar-refractivity contribution is 0.167. The highest BCUT2D eigenvalue weighted by Crippen LogP contribution is 2.45. The standard InChI is InChI=1S/C6H4BrFO2S/c7-5-3-4(6(8)11-5)10-2-1-9-3/h1-2H2. The predicted molar refractivity (Wildman–Crippen MR) is 43.0 cm³/mol. The van der Waals surface area contributed by atoms with E-state index in [1.54, 1.807) is 0 Å². The van der Waals surface area contributed by atoms with Crippen LogP contribution in [0.3, 0.4) is 0 Å². The maximum Gasteiger partial charge on any atom is 0.223 e. The summed E-state index contributed by atoms with van der Waals surface area (Å²) in [5.41, 5.74) is 0. The lowest BCUT2D eigenvalue weighted by Crippen LogP contribution is -2.14. The van der Waals surface area contributed by atoms with Crippen LogP contribution in [-0.4, -0.2) is 13.2 Å². The van der Waals surface area contributed by atoms with E-state index >= 15 is 0 Å². The Morgan fingerprint density at radius 1 is 1.27 bits per heavy atom. The zero-order chi connectivity index (χ0) is 7.84. The average Bonchev–Trinajstić information content (AvgIpc) is 2.30. The second kappa shape index (κ2) is 2.64. The Kier molecular flexibility index (Phi) is 1.77. The van der Waals surface area contributed by atoms with Crippen molar-refractivity contribution in [1.29, 1.82) is 0 Å². The molecule has 0 amide bonds. The van der Waals surface area contributed by atoms with Crippen LogP contribution in [0.25, 0.3) is 0 Å². The van der Waals surface area contributed by atoms with Crippen LogP contribution in [0.4, 0.5) is 4.39 Å². The molecule has 1 aliphatic heterocycles. The minimum Gasteiger partial charge on any atom is -0.484 e. The first-order chi connectivity index (χ1) is 5.29. The van der Waals surface area contributed by atoms with Gasteiger partial charge in [-0.3, -0.25) is 0 Å². The summed E-state index contributed by atoms with van der Waals surface area (Å²) in [4.78, 5) is 0. The molecule has 2 nitrogen and oxygen atoms in total. The fourth-order valence-electron chi connectivity index (χ4n) is 0.882.